The third kappa shape index (κ3) is 3.11. The molecule has 1 heterocycles. The Labute approximate surface area is 104 Å². The highest BCUT2D eigenvalue weighted by Crippen LogP contribution is 2.30. The van der Waals surface area contributed by atoms with E-state index in [-0.39, 0.29) is 0 Å². The van der Waals surface area contributed by atoms with Crippen molar-refractivity contribution < 1.29 is 4.74 Å². The minimum atomic E-state index is 0.501. The monoisotopic (exact) mass is 234 g/mol. The van der Waals surface area contributed by atoms with Gasteiger partial charge in [0.25, 0.3) is 0 Å². The molecular formula is C14H22N2O. The number of aromatic nitrogens is 1. The Morgan fingerprint density at radius 3 is 2.94 bits per heavy atom. The number of ether oxygens (including phenoxy) is 1. The molecule has 1 aliphatic carbocycles. The summed E-state index contributed by atoms with van der Waals surface area (Å²) in [5.41, 5.74) is 1.02. The van der Waals surface area contributed by atoms with Gasteiger partial charge in [0.05, 0.1) is 12.3 Å². The molecule has 0 spiro atoms. The van der Waals surface area contributed by atoms with Crippen molar-refractivity contribution in [3.63, 3.8) is 0 Å². The van der Waals surface area contributed by atoms with Gasteiger partial charge in [0.2, 0.25) is 5.88 Å². The molecule has 17 heavy (non-hydrogen) atoms. The number of hydrogen-bond donors (Lipinski definition) is 1. The van der Waals surface area contributed by atoms with Gasteiger partial charge >= 0.3 is 0 Å². The second kappa shape index (κ2) is 5.89. The van der Waals surface area contributed by atoms with Crippen LogP contribution in [0, 0.1) is 5.92 Å². The van der Waals surface area contributed by atoms with E-state index in [0.29, 0.717) is 12.6 Å². The molecule has 3 nitrogen and oxygen atoms in total. The molecule has 1 aromatic rings. The van der Waals surface area contributed by atoms with Gasteiger partial charge in [-0.15, -0.1) is 0 Å². The summed E-state index contributed by atoms with van der Waals surface area (Å²) in [5.74, 6) is 1.52. The van der Waals surface area contributed by atoms with E-state index in [4.69, 9.17) is 4.74 Å². The van der Waals surface area contributed by atoms with Crippen molar-refractivity contribution in [2.45, 2.75) is 45.6 Å². The van der Waals surface area contributed by atoms with Gasteiger partial charge in [0, 0.05) is 12.2 Å². The van der Waals surface area contributed by atoms with E-state index >= 15 is 0 Å². The molecule has 0 aliphatic heterocycles. The number of nitrogens with zero attached hydrogens (tertiary/aromatic N) is 1. The average Bonchev–Trinajstić information content (AvgIpc) is 2.85. The normalized spacial score (nSPS) is 18.0. The van der Waals surface area contributed by atoms with Crippen molar-refractivity contribution >= 4 is 5.69 Å². The van der Waals surface area contributed by atoms with Crippen LogP contribution >= 0.6 is 0 Å². The fourth-order valence-corrected chi connectivity index (χ4v) is 2.57. The molecule has 94 valence electrons. The second-order valence-electron chi connectivity index (χ2n) is 4.77. The molecule has 1 atom stereocenters. The Hall–Kier alpha value is -1.25. The maximum Gasteiger partial charge on any atom is 0.237 e. The van der Waals surface area contributed by atoms with E-state index < -0.39 is 0 Å². The van der Waals surface area contributed by atoms with E-state index in [2.05, 4.69) is 17.2 Å². The first-order valence-corrected chi connectivity index (χ1v) is 6.65. The molecule has 1 saturated carbocycles. The molecular weight excluding hydrogens is 212 g/mol. The molecule has 1 aliphatic rings. The fraction of sp³-hybridized carbons (Fsp3) is 0.643. The average molecular weight is 234 g/mol. The van der Waals surface area contributed by atoms with Crippen LogP contribution in [0.5, 0.6) is 5.88 Å². The van der Waals surface area contributed by atoms with E-state index in [9.17, 15) is 0 Å². The maximum atomic E-state index is 5.53. The van der Waals surface area contributed by atoms with Crippen LogP contribution in [0.4, 0.5) is 5.69 Å². The number of nitrogens with one attached hydrogen (secondary N) is 1. The minimum absolute atomic E-state index is 0.501. The van der Waals surface area contributed by atoms with Crippen LogP contribution < -0.4 is 10.1 Å². The molecule has 0 radical (unpaired) electrons. The van der Waals surface area contributed by atoms with Gasteiger partial charge in [-0.05, 0) is 44.7 Å². The van der Waals surface area contributed by atoms with Crippen LogP contribution in [0.1, 0.15) is 39.5 Å². The molecule has 0 amide bonds. The fourth-order valence-electron chi connectivity index (χ4n) is 2.57. The lowest BCUT2D eigenvalue weighted by molar-refractivity contribution is 0.327. The predicted octanol–water partition coefficient (Wildman–Crippen LogP) is 3.47. The summed E-state index contributed by atoms with van der Waals surface area (Å²) in [4.78, 5) is 4.26. The standard InChI is InChI=1S/C14H22N2O/c1-3-17-14-13(9-6-10-15-14)16-11(2)12-7-4-5-8-12/h6,9-12,16H,3-5,7-8H2,1-2H3. The molecule has 0 aromatic carbocycles. The first kappa shape index (κ1) is 12.2. The highest BCUT2D eigenvalue weighted by Gasteiger charge is 2.22. The number of hydrogen-bond acceptors (Lipinski definition) is 3. The second-order valence-corrected chi connectivity index (χ2v) is 4.77. The number of rotatable bonds is 5. The maximum absolute atomic E-state index is 5.53. The largest absolute Gasteiger partial charge is 0.476 e. The van der Waals surface area contributed by atoms with Gasteiger partial charge in [-0.25, -0.2) is 4.98 Å². The van der Waals surface area contributed by atoms with Gasteiger partial charge in [0.15, 0.2) is 0 Å². The Bertz CT molecular complexity index is 348. The summed E-state index contributed by atoms with van der Waals surface area (Å²) in [5, 5.41) is 3.55. The topological polar surface area (TPSA) is 34.1 Å². The van der Waals surface area contributed by atoms with Crippen LogP contribution in [0.15, 0.2) is 18.3 Å². The van der Waals surface area contributed by atoms with Crippen molar-refractivity contribution in [1.82, 2.24) is 4.98 Å². The summed E-state index contributed by atoms with van der Waals surface area (Å²) >= 11 is 0. The first-order valence-electron chi connectivity index (χ1n) is 6.65. The van der Waals surface area contributed by atoms with Crippen LogP contribution in [-0.2, 0) is 0 Å². The zero-order valence-corrected chi connectivity index (χ0v) is 10.8. The van der Waals surface area contributed by atoms with Gasteiger partial charge < -0.3 is 10.1 Å². The minimum Gasteiger partial charge on any atom is -0.476 e. The SMILES string of the molecule is CCOc1ncccc1NC(C)C1CCCC1. The van der Waals surface area contributed by atoms with Crippen molar-refractivity contribution in [1.29, 1.82) is 0 Å². The lowest BCUT2D eigenvalue weighted by Crippen LogP contribution is -2.24. The smallest absolute Gasteiger partial charge is 0.237 e. The highest BCUT2D eigenvalue weighted by molar-refractivity contribution is 5.52. The molecule has 0 saturated heterocycles. The van der Waals surface area contributed by atoms with E-state index in [1.807, 2.05) is 19.1 Å². The Morgan fingerprint density at radius 2 is 2.24 bits per heavy atom. The molecule has 1 fully saturated rings. The lowest BCUT2D eigenvalue weighted by atomic mass is 10.00. The Balaban J connectivity index is 2.01. The van der Waals surface area contributed by atoms with Crippen LogP contribution in [0.3, 0.4) is 0 Å². The third-order valence-corrected chi connectivity index (χ3v) is 3.54. The number of pyridine rings is 1. The number of anilines is 1. The van der Waals surface area contributed by atoms with Gasteiger partial charge in [0.1, 0.15) is 0 Å². The van der Waals surface area contributed by atoms with Crippen LogP contribution in [0.25, 0.3) is 0 Å². The molecule has 1 aromatic heterocycles. The molecule has 1 N–H and O–H groups in total. The van der Waals surface area contributed by atoms with E-state index in [1.165, 1.54) is 25.7 Å². The predicted molar refractivity (Wildman–Crippen MR) is 70.4 cm³/mol. The Kier molecular flexibility index (Phi) is 4.24. The van der Waals surface area contributed by atoms with Crippen LogP contribution in [-0.4, -0.2) is 17.6 Å². The highest BCUT2D eigenvalue weighted by atomic mass is 16.5. The van der Waals surface area contributed by atoms with Crippen molar-refractivity contribution in [2.75, 3.05) is 11.9 Å². The summed E-state index contributed by atoms with van der Waals surface area (Å²) in [6.07, 6.45) is 7.22. The summed E-state index contributed by atoms with van der Waals surface area (Å²) in [6, 6.07) is 4.50. The van der Waals surface area contributed by atoms with Crippen molar-refractivity contribution in [3.05, 3.63) is 18.3 Å². The zero-order valence-electron chi connectivity index (χ0n) is 10.8. The third-order valence-electron chi connectivity index (χ3n) is 3.54. The first-order chi connectivity index (χ1) is 8.31. The molecule has 1 unspecified atom stereocenters. The van der Waals surface area contributed by atoms with Crippen molar-refractivity contribution in [2.24, 2.45) is 5.92 Å². The van der Waals surface area contributed by atoms with E-state index in [0.717, 1.165) is 17.5 Å². The Morgan fingerprint density at radius 1 is 1.47 bits per heavy atom. The summed E-state index contributed by atoms with van der Waals surface area (Å²) in [6.45, 7) is 4.90. The van der Waals surface area contributed by atoms with Crippen molar-refractivity contribution in [3.8, 4) is 5.88 Å². The van der Waals surface area contributed by atoms with Gasteiger partial charge in [-0.1, -0.05) is 12.8 Å². The molecule has 0 bridgehead atoms. The lowest BCUT2D eigenvalue weighted by Gasteiger charge is -2.22. The van der Waals surface area contributed by atoms with Gasteiger partial charge in [-0.3, -0.25) is 0 Å². The summed E-state index contributed by atoms with van der Waals surface area (Å²) < 4.78 is 5.53. The molecule has 2 rings (SSSR count). The summed E-state index contributed by atoms with van der Waals surface area (Å²) in [7, 11) is 0. The quantitative estimate of drug-likeness (QED) is 0.847. The molecule has 3 heteroatoms. The van der Waals surface area contributed by atoms with Gasteiger partial charge in [-0.2, -0.15) is 0 Å². The van der Waals surface area contributed by atoms with E-state index in [1.54, 1.807) is 6.20 Å². The zero-order chi connectivity index (χ0) is 12.1. The van der Waals surface area contributed by atoms with Crippen LogP contribution in [0.2, 0.25) is 0 Å².